The number of rotatable bonds is 9. The van der Waals surface area contributed by atoms with Crippen molar-refractivity contribution < 1.29 is 28.4 Å². The van der Waals surface area contributed by atoms with Crippen LogP contribution in [0.15, 0.2) is 59.1 Å². The minimum absolute atomic E-state index is 0.0964. The molecule has 1 aromatic heterocycles. The van der Waals surface area contributed by atoms with Gasteiger partial charge in [-0.3, -0.25) is 14.4 Å². The van der Waals surface area contributed by atoms with E-state index in [0.717, 1.165) is 0 Å². The summed E-state index contributed by atoms with van der Waals surface area (Å²) < 4.78 is 15.3. The zero-order valence-corrected chi connectivity index (χ0v) is 17.8. The predicted molar refractivity (Wildman–Crippen MR) is 117 cm³/mol. The number of hydrogen-bond acceptors (Lipinski definition) is 7. The second kappa shape index (κ2) is 11.0. The fourth-order valence-corrected chi connectivity index (χ4v) is 2.70. The maximum absolute atomic E-state index is 12.1. The molecular formula is C22H20ClN3O6. The van der Waals surface area contributed by atoms with Gasteiger partial charge in [0.15, 0.2) is 12.4 Å². The lowest BCUT2D eigenvalue weighted by Gasteiger charge is -2.09. The Kier molecular flexibility index (Phi) is 7.82. The molecule has 0 fully saturated rings. The van der Waals surface area contributed by atoms with Crippen LogP contribution < -0.4 is 15.4 Å². The quantitative estimate of drug-likeness (QED) is 0.459. The average molecular weight is 458 g/mol. The molecule has 10 heteroatoms. The SMILES string of the molecule is Cc1cc(NC(=O)COC(=O)CCC(=O)Nc2ccc(Oc3ccccc3Cl)cc2)no1. The van der Waals surface area contributed by atoms with Gasteiger partial charge in [-0.2, -0.15) is 0 Å². The van der Waals surface area contributed by atoms with Crippen LogP contribution in [0.1, 0.15) is 18.6 Å². The third-order valence-corrected chi connectivity index (χ3v) is 4.33. The van der Waals surface area contributed by atoms with Gasteiger partial charge < -0.3 is 24.6 Å². The van der Waals surface area contributed by atoms with Crippen molar-refractivity contribution in [2.24, 2.45) is 0 Å². The number of nitrogens with one attached hydrogen (secondary N) is 2. The average Bonchev–Trinajstić information content (AvgIpc) is 3.18. The number of aryl methyl sites for hydroxylation is 1. The maximum atomic E-state index is 12.1. The van der Waals surface area contributed by atoms with Gasteiger partial charge in [0.2, 0.25) is 5.91 Å². The fourth-order valence-electron chi connectivity index (χ4n) is 2.52. The summed E-state index contributed by atoms with van der Waals surface area (Å²) in [5.41, 5.74) is 0.539. The minimum atomic E-state index is -0.671. The number of ether oxygens (including phenoxy) is 2. The number of esters is 1. The molecule has 166 valence electrons. The molecular weight excluding hydrogens is 438 g/mol. The highest BCUT2D eigenvalue weighted by Crippen LogP contribution is 2.29. The van der Waals surface area contributed by atoms with Crippen LogP contribution in [-0.2, 0) is 19.1 Å². The van der Waals surface area contributed by atoms with E-state index >= 15 is 0 Å². The van der Waals surface area contributed by atoms with Crippen molar-refractivity contribution in [1.82, 2.24) is 5.16 Å². The van der Waals surface area contributed by atoms with Crippen molar-refractivity contribution in [2.45, 2.75) is 19.8 Å². The second-order valence-electron chi connectivity index (χ2n) is 6.64. The standard InChI is InChI=1S/C22H20ClN3O6/c1-14-12-19(26-32-14)25-21(28)13-30-22(29)11-10-20(27)24-15-6-8-16(9-7-15)31-18-5-3-2-4-17(18)23/h2-9,12H,10-11,13H2,1H3,(H,24,27)(H,25,26,28). The van der Waals surface area contributed by atoms with Crippen LogP contribution in [0.25, 0.3) is 0 Å². The molecule has 2 N–H and O–H groups in total. The Morgan fingerprint density at radius 2 is 1.75 bits per heavy atom. The van der Waals surface area contributed by atoms with E-state index in [1.54, 1.807) is 49.4 Å². The van der Waals surface area contributed by atoms with Gasteiger partial charge in [-0.05, 0) is 43.3 Å². The van der Waals surface area contributed by atoms with Gasteiger partial charge in [0.25, 0.3) is 5.91 Å². The van der Waals surface area contributed by atoms with Crippen molar-refractivity contribution in [3.8, 4) is 11.5 Å². The lowest BCUT2D eigenvalue weighted by Crippen LogP contribution is -2.21. The van der Waals surface area contributed by atoms with E-state index in [1.165, 1.54) is 6.07 Å². The van der Waals surface area contributed by atoms with E-state index in [0.29, 0.717) is 28.0 Å². The third-order valence-electron chi connectivity index (χ3n) is 4.02. The topological polar surface area (TPSA) is 120 Å². The number of halogens is 1. The largest absolute Gasteiger partial charge is 0.456 e. The van der Waals surface area contributed by atoms with Crippen LogP contribution in [0.4, 0.5) is 11.5 Å². The molecule has 0 unspecified atom stereocenters. The first-order valence-electron chi connectivity index (χ1n) is 9.60. The number of aromatic nitrogens is 1. The zero-order valence-electron chi connectivity index (χ0n) is 17.1. The molecule has 0 atom stereocenters. The molecule has 0 saturated heterocycles. The Bertz CT molecular complexity index is 1100. The molecule has 0 aliphatic heterocycles. The number of amides is 2. The lowest BCUT2D eigenvalue weighted by molar-refractivity contribution is -0.147. The number of nitrogens with zero attached hydrogens (tertiary/aromatic N) is 1. The van der Waals surface area contributed by atoms with Gasteiger partial charge in [-0.15, -0.1) is 0 Å². The van der Waals surface area contributed by atoms with Crippen molar-refractivity contribution >= 4 is 40.9 Å². The summed E-state index contributed by atoms with van der Waals surface area (Å²) in [7, 11) is 0. The molecule has 3 aromatic rings. The fraction of sp³-hybridized carbons (Fsp3) is 0.182. The Hall–Kier alpha value is -3.85. The first-order valence-corrected chi connectivity index (χ1v) is 9.98. The van der Waals surface area contributed by atoms with Crippen LogP contribution >= 0.6 is 11.6 Å². The maximum Gasteiger partial charge on any atom is 0.306 e. The monoisotopic (exact) mass is 457 g/mol. The van der Waals surface area contributed by atoms with E-state index in [-0.39, 0.29) is 24.6 Å². The van der Waals surface area contributed by atoms with Crippen LogP contribution in [0, 0.1) is 6.92 Å². The van der Waals surface area contributed by atoms with Crippen LogP contribution in [0.5, 0.6) is 11.5 Å². The molecule has 2 amide bonds. The summed E-state index contributed by atoms with van der Waals surface area (Å²) in [4.78, 5) is 35.5. The number of carbonyl (C=O) groups excluding carboxylic acids is 3. The van der Waals surface area contributed by atoms with E-state index in [1.807, 2.05) is 6.07 Å². The zero-order chi connectivity index (χ0) is 22.9. The first kappa shape index (κ1) is 22.8. The number of para-hydroxylation sites is 1. The molecule has 32 heavy (non-hydrogen) atoms. The van der Waals surface area contributed by atoms with E-state index < -0.39 is 18.5 Å². The Balaban J connectivity index is 1.37. The summed E-state index contributed by atoms with van der Waals surface area (Å²) in [5.74, 6) is 0.236. The van der Waals surface area contributed by atoms with Crippen LogP contribution in [0.3, 0.4) is 0 Å². The van der Waals surface area contributed by atoms with Gasteiger partial charge >= 0.3 is 5.97 Å². The molecule has 0 spiro atoms. The molecule has 9 nitrogen and oxygen atoms in total. The predicted octanol–water partition coefficient (Wildman–Crippen LogP) is 4.33. The van der Waals surface area contributed by atoms with Crippen LogP contribution in [0.2, 0.25) is 5.02 Å². The number of carbonyl (C=O) groups is 3. The molecule has 3 rings (SSSR count). The van der Waals surface area contributed by atoms with E-state index in [2.05, 4.69) is 15.8 Å². The third kappa shape index (κ3) is 7.13. The molecule has 2 aromatic carbocycles. The summed E-state index contributed by atoms with van der Waals surface area (Å²) in [6.07, 6.45) is -0.267. The van der Waals surface area contributed by atoms with E-state index in [4.69, 9.17) is 25.6 Å². The van der Waals surface area contributed by atoms with E-state index in [9.17, 15) is 14.4 Å². The molecule has 0 aliphatic carbocycles. The summed E-state index contributed by atoms with van der Waals surface area (Å²) >= 11 is 6.06. The Labute approximate surface area is 188 Å². The molecule has 0 saturated carbocycles. The highest BCUT2D eigenvalue weighted by molar-refractivity contribution is 6.32. The number of anilines is 2. The van der Waals surface area contributed by atoms with Crippen molar-refractivity contribution in [3.05, 3.63) is 65.4 Å². The van der Waals surface area contributed by atoms with Gasteiger partial charge in [0.1, 0.15) is 17.3 Å². The normalized spacial score (nSPS) is 10.3. The van der Waals surface area contributed by atoms with Gasteiger partial charge in [-0.25, -0.2) is 0 Å². The highest BCUT2D eigenvalue weighted by Gasteiger charge is 2.12. The molecule has 1 heterocycles. The summed E-state index contributed by atoms with van der Waals surface area (Å²) in [6, 6.07) is 15.3. The Morgan fingerprint density at radius 1 is 1.00 bits per heavy atom. The molecule has 0 aliphatic rings. The summed E-state index contributed by atoms with van der Waals surface area (Å²) in [5, 5.41) is 9.18. The smallest absolute Gasteiger partial charge is 0.306 e. The number of benzene rings is 2. The van der Waals surface area contributed by atoms with Crippen molar-refractivity contribution in [1.29, 1.82) is 0 Å². The first-order chi connectivity index (χ1) is 15.4. The van der Waals surface area contributed by atoms with Gasteiger partial charge in [0, 0.05) is 18.2 Å². The van der Waals surface area contributed by atoms with Crippen molar-refractivity contribution in [3.63, 3.8) is 0 Å². The number of hydrogen-bond donors (Lipinski definition) is 2. The van der Waals surface area contributed by atoms with Gasteiger partial charge in [0.05, 0.1) is 11.4 Å². The lowest BCUT2D eigenvalue weighted by atomic mass is 10.2. The highest BCUT2D eigenvalue weighted by atomic mass is 35.5. The van der Waals surface area contributed by atoms with Crippen molar-refractivity contribution in [2.75, 3.05) is 17.2 Å². The second-order valence-corrected chi connectivity index (χ2v) is 7.04. The minimum Gasteiger partial charge on any atom is -0.456 e. The van der Waals surface area contributed by atoms with Gasteiger partial charge in [-0.1, -0.05) is 28.9 Å². The molecule has 0 radical (unpaired) electrons. The Morgan fingerprint density at radius 3 is 2.44 bits per heavy atom. The molecule has 0 bridgehead atoms. The van der Waals surface area contributed by atoms with Crippen LogP contribution in [-0.4, -0.2) is 29.5 Å². The summed E-state index contributed by atoms with van der Waals surface area (Å²) in [6.45, 7) is 1.19.